The first-order valence-corrected chi connectivity index (χ1v) is 5.54. The van der Waals surface area contributed by atoms with Crippen molar-refractivity contribution in [1.82, 2.24) is 4.90 Å². The monoisotopic (exact) mass is 213 g/mol. The van der Waals surface area contributed by atoms with Crippen molar-refractivity contribution in [3.8, 4) is 0 Å². The van der Waals surface area contributed by atoms with Gasteiger partial charge in [-0.1, -0.05) is 6.08 Å². The predicted octanol–water partition coefficient (Wildman–Crippen LogP) is 2.96. The maximum absolute atomic E-state index is 11.6. The molecule has 0 saturated heterocycles. The molecule has 1 rings (SSSR count). The van der Waals surface area contributed by atoms with Gasteiger partial charge in [-0.25, -0.2) is 4.79 Å². The molecule has 0 aromatic rings. The van der Waals surface area contributed by atoms with Gasteiger partial charge in [0.15, 0.2) is 0 Å². The molecule has 0 fully saturated rings. The van der Waals surface area contributed by atoms with Crippen LogP contribution >= 0.6 is 11.8 Å². The predicted molar refractivity (Wildman–Crippen MR) is 58.8 cm³/mol. The summed E-state index contributed by atoms with van der Waals surface area (Å²) in [4.78, 5) is 13.2. The highest BCUT2D eigenvalue weighted by molar-refractivity contribution is 8.02. The molecule has 0 radical (unpaired) electrons. The first-order chi connectivity index (χ1) is 6.70. The Hall–Kier alpha value is -0.900. The van der Waals surface area contributed by atoms with E-state index >= 15 is 0 Å². The summed E-state index contributed by atoms with van der Waals surface area (Å²) in [6, 6.07) is 0. The number of amides is 1. The van der Waals surface area contributed by atoms with E-state index in [1.807, 2.05) is 25.3 Å². The summed E-state index contributed by atoms with van der Waals surface area (Å²) in [5, 5.41) is 2.09. The van der Waals surface area contributed by atoms with Crippen LogP contribution in [-0.2, 0) is 4.74 Å². The standard InChI is InChI=1S/C10H15NO2S/c1-4-6-9-11(8(3)7-14-9)10(12)13-5-2/h4,7,9H,1,5-6H2,2-3H3. The third-order valence-corrected chi connectivity index (χ3v) is 3.09. The summed E-state index contributed by atoms with van der Waals surface area (Å²) in [5.74, 6) is 0. The van der Waals surface area contributed by atoms with Crippen molar-refractivity contribution < 1.29 is 9.53 Å². The Bertz CT molecular complexity index is 263. The van der Waals surface area contributed by atoms with Crippen molar-refractivity contribution in [3.63, 3.8) is 0 Å². The largest absolute Gasteiger partial charge is 0.449 e. The molecule has 0 saturated carbocycles. The van der Waals surface area contributed by atoms with Gasteiger partial charge in [-0.15, -0.1) is 18.3 Å². The molecule has 4 heteroatoms. The molecule has 0 spiro atoms. The highest BCUT2D eigenvalue weighted by Gasteiger charge is 2.29. The molecule has 0 aromatic carbocycles. The number of rotatable bonds is 3. The minimum Gasteiger partial charge on any atom is -0.449 e. The summed E-state index contributed by atoms with van der Waals surface area (Å²) >= 11 is 1.63. The number of nitrogens with zero attached hydrogens (tertiary/aromatic N) is 1. The van der Waals surface area contributed by atoms with Crippen LogP contribution < -0.4 is 0 Å². The molecular weight excluding hydrogens is 198 g/mol. The van der Waals surface area contributed by atoms with Crippen LogP contribution in [0.15, 0.2) is 23.8 Å². The number of hydrogen-bond acceptors (Lipinski definition) is 3. The molecule has 0 aromatic heterocycles. The van der Waals surface area contributed by atoms with Gasteiger partial charge >= 0.3 is 6.09 Å². The first-order valence-electron chi connectivity index (χ1n) is 4.59. The molecule has 1 amide bonds. The summed E-state index contributed by atoms with van der Waals surface area (Å²) in [6.07, 6.45) is 2.33. The van der Waals surface area contributed by atoms with Crippen LogP contribution in [0.5, 0.6) is 0 Å². The third kappa shape index (κ3) is 2.32. The van der Waals surface area contributed by atoms with Gasteiger partial charge in [0.05, 0.1) is 12.0 Å². The van der Waals surface area contributed by atoms with Gasteiger partial charge in [-0.3, -0.25) is 4.90 Å². The second-order valence-electron chi connectivity index (χ2n) is 2.94. The van der Waals surface area contributed by atoms with Crippen LogP contribution in [-0.4, -0.2) is 23.0 Å². The van der Waals surface area contributed by atoms with E-state index in [1.54, 1.807) is 16.7 Å². The topological polar surface area (TPSA) is 29.5 Å². The number of thioether (sulfide) groups is 1. The molecule has 0 N–H and O–H groups in total. The Kier molecular flexibility index (Phi) is 4.07. The van der Waals surface area contributed by atoms with Crippen LogP contribution in [0.2, 0.25) is 0 Å². The Morgan fingerprint density at radius 3 is 3.14 bits per heavy atom. The van der Waals surface area contributed by atoms with E-state index in [0.717, 1.165) is 12.1 Å². The average molecular weight is 213 g/mol. The van der Waals surface area contributed by atoms with Crippen molar-refractivity contribution in [3.05, 3.63) is 23.8 Å². The van der Waals surface area contributed by atoms with Crippen LogP contribution in [0.4, 0.5) is 4.79 Å². The Morgan fingerprint density at radius 2 is 2.57 bits per heavy atom. The highest BCUT2D eigenvalue weighted by atomic mass is 32.2. The number of allylic oxidation sites excluding steroid dienone is 1. The van der Waals surface area contributed by atoms with Crippen molar-refractivity contribution in [2.75, 3.05) is 6.61 Å². The molecule has 1 heterocycles. The average Bonchev–Trinajstić information content (AvgIpc) is 2.48. The first kappa shape index (κ1) is 11.2. The summed E-state index contributed by atoms with van der Waals surface area (Å²) in [5.41, 5.74) is 0.945. The van der Waals surface area contributed by atoms with Crippen molar-refractivity contribution in [1.29, 1.82) is 0 Å². The van der Waals surface area contributed by atoms with Gasteiger partial charge in [-0.05, 0) is 25.7 Å². The zero-order valence-electron chi connectivity index (χ0n) is 8.53. The SMILES string of the molecule is C=CCC1SC=C(C)N1C(=O)OCC. The van der Waals surface area contributed by atoms with Crippen molar-refractivity contribution in [2.24, 2.45) is 0 Å². The maximum atomic E-state index is 11.6. The minimum atomic E-state index is -0.266. The quantitative estimate of drug-likeness (QED) is 0.675. The molecular formula is C10H15NO2S. The summed E-state index contributed by atoms with van der Waals surface area (Å²) in [7, 11) is 0. The Labute approximate surface area is 88.8 Å². The fourth-order valence-electron chi connectivity index (χ4n) is 1.28. The smallest absolute Gasteiger partial charge is 0.415 e. The van der Waals surface area contributed by atoms with Crippen LogP contribution in [0, 0.1) is 0 Å². The minimum absolute atomic E-state index is 0.117. The zero-order valence-corrected chi connectivity index (χ0v) is 9.34. The number of carbonyl (C=O) groups excluding carboxylic acids is 1. The molecule has 78 valence electrons. The molecule has 1 atom stereocenters. The van der Waals surface area contributed by atoms with Crippen molar-refractivity contribution >= 4 is 17.9 Å². The van der Waals surface area contributed by atoms with Crippen molar-refractivity contribution in [2.45, 2.75) is 25.6 Å². The normalized spacial score (nSPS) is 20.6. The van der Waals surface area contributed by atoms with Gasteiger partial charge < -0.3 is 4.74 Å². The fraction of sp³-hybridized carbons (Fsp3) is 0.500. The lowest BCUT2D eigenvalue weighted by Crippen LogP contribution is -2.34. The highest BCUT2D eigenvalue weighted by Crippen LogP contribution is 2.33. The molecule has 1 unspecified atom stereocenters. The van der Waals surface area contributed by atoms with Gasteiger partial charge in [0.1, 0.15) is 0 Å². The van der Waals surface area contributed by atoms with Gasteiger partial charge in [0.2, 0.25) is 0 Å². The fourth-order valence-corrected chi connectivity index (χ4v) is 2.37. The number of carbonyl (C=O) groups is 1. The van der Waals surface area contributed by atoms with E-state index in [2.05, 4.69) is 6.58 Å². The molecule has 1 aliphatic heterocycles. The lowest BCUT2D eigenvalue weighted by atomic mass is 10.3. The Balaban J connectivity index is 2.66. The molecule has 3 nitrogen and oxygen atoms in total. The molecule has 1 aliphatic rings. The molecule has 0 bridgehead atoms. The van der Waals surface area contributed by atoms with Gasteiger partial charge in [0.25, 0.3) is 0 Å². The third-order valence-electron chi connectivity index (χ3n) is 1.90. The van der Waals surface area contributed by atoms with Gasteiger partial charge in [0, 0.05) is 5.70 Å². The second kappa shape index (κ2) is 5.10. The lowest BCUT2D eigenvalue weighted by Gasteiger charge is -2.23. The zero-order chi connectivity index (χ0) is 10.6. The van der Waals surface area contributed by atoms with E-state index in [4.69, 9.17) is 4.74 Å². The lowest BCUT2D eigenvalue weighted by molar-refractivity contribution is 0.117. The number of hydrogen-bond donors (Lipinski definition) is 0. The molecule has 14 heavy (non-hydrogen) atoms. The summed E-state index contributed by atoms with van der Waals surface area (Å²) < 4.78 is 4.97. The Morgan fingerprint density at radius 1 is 1.86 bits per heavy atom. The van der Waals surface area contributed by atoms with E-state index in [-0.39, 0.29) is 11.5 Å². The van der Waals surface area contributed by atoms with Crippen LogP contribution in [0.1, 0.15) is 20.3 Å². The van der Waals surface area contributed by atoms with Crippen LogP contribution in [0.3, 0.4) is 0 Å². The maximum Gasteiger partial charge on any atom is 0.415 e. The molecule has 0 aliphatic carbocycles. The van der Waals surface area contributed by atoms with E-state index in [9.17, 15) is 4.79 Å². The van der Waals surface area contributed by atoms with E-state index in [1.165, 1.54) is 0 Å². The van der Waals surface area contributed by atoms with Gasteiger partial charge in [-0.2, -0.15) is 0 Å². The van der Waals surface area contributed by atoms with Crippen LogP contribution in [0.25, 0.3) is 0 Å². The second-order valence-corrected chi connectivity index (χ2v) is 4.00. The van der Waals surface area contributed by atoms with E-state index < -0.39 is 0 Å². The number of ether oxygens (including phenoxy) is 1. The summed E-state index contributed by atoms with van der Waals surface area (Å²) in [6.45, 7) is 7.80. The van der Waals surface area contributed by atoms with E-state index in [0.29, 0.717) is 6.61 Å².